The number of carbonyl (C=O) groups excluding carboxylic acids is 7. The zero-order valence-electron chi connectivity index (χ0n) is 34.0. The number of ether oxygens (including phenoxy) is 1. The maximum absolute atomic E-state index is 14.8. The Morgan fingerprint density at radius 1 is 0.814 bits per heavy atom. The number of nitrogens with zero attached hydrogens (tertiary/aromatic N) is 1. The van der Waals surface area contributed by atoms with Crippen LogP contribution in [0.15, 0.2) is 78.9 Å². The summed E-state index contributed by atoms with van der Waals surface area (Å²) in [4.78, 5) is 95.9. The highest BCUT2D eigenvalue weighted by molar-refractivity contribution is 6.38. The Kier molecular flexibility index (Phi) is 15.9. The average molecular weight is 809 g/mol. The lowest BCUT2D eigenvalue weighted by molar-refractivity contribution is -0.143. The molecule has 0 aromatic heterocycles. The quantitative estimate of drug-likeness (QED) is 0.120. The third-order valence-electron chi connectivity index (χ3n) is 11.1. The minimum atomic E-state index is -1.27. The highest BCUT2D eigenvalue weighted by Crippen LogP contribution is 2.31. The number of hydrogen-bond acceptors (Lipinski definition) is 8. The van der Waals surface area contributed by atoms with Crippen molar-refractivity contribution >= 4 is 41.2 Å². The summed E-state index contributed by atoms with van der Waals surface area (Å²) in [5, 5.41) is 10.6. The first kappa shape index (κ1) is 44.2. The maximum Gasteiger partial charge on any atom is 0.290 e. The monoisotopic (exact) mass is 808 g/mol. The molecular formula is C45H56N6O8. The van der Waals surface area contributed by atoms with Crippen LogP contribution in [0, 0.1) is 19.8 Å². The Balaban J connectivity index is 1.32. The normalized spacial score (nSPS) is 18.2. The van der Waals surface area contributed by atoms with Gasteiger partial charge in [-0.25, -0.2) is 0 Å². The van der Waals surface area contributed by atoms with Gasteiger partial charge in [-0.05, 0) is 61.3 Å². The summed E-state index contributed by atoms with van der Waals surface area (Å²) in [5.41, 5.74) is 8.92. The van der Waals surface area contributed by atoms with Crippen LogP contribution >= 0.6 is 0 Å². The fourth-order valence-corrected chi connectivity index (χ4v) is 8.02. The molecule has 14 heteroatoms. The molecule has 2 aliphatic rings. The van der Waals surface area contributed by atoms with Crippen LogP contribution in [0.4, 0.5) is 0 Å². The van der Waals surface area contributed by atoms with Gasteiger partial charge in [0.25, 0.3) is 11.8 Å². The molecule has 5 rings (SSSR count). The summed E-state index contributed by atoms with van der Waals surface area (Å²) in [6, 6.07) is 19.0. The van der Waals surface area contributed by atoms with E-state index in [-0.39, 0.29) is 37.8 Å². The minimum Gasteiger partial charge on any atom is -0.372 e. The number of hydrogen-bond donors (Lipinski definition) is 5. The van der Waals surface area contributed by atoms with Gasteiger partial charge in [0.2, 0.25) is 29.4 Å². The van der Waals surface area contributed by atoms with Crippen LogP contribution in [0.2, 0.25) is 0 Å². The number of likely N-dealkylation sites (tertiary alicyclic amines) is 1. The van der Waals surface area contributed by atoms with Gasteiger partial charge in [0.05, 0.1) is 25.3 Å². The number of benzene rings is 3. The molecule has 3 unspecified atom stereocenters. The summed E-state index contributed by atoms with van der Waals surface area (Å²) in [6.07, 6.45) is 4.41. The molecule has 0 radical (unpaired) electrons. The van der Waals surface area contributed by atoms with E-state index in [0.717, 1.165) is 48.8 Å². The summed E-state index contributed by atoms with van der Waals surface area (Å²) >= 11 is 0. The van der Waals surface area contributed by atoms with Crippen LogP contribution in [-0.4, -0.2) is 83.4 Å². The fraction of sp³-hybridized carbons (Fsp3) is 0.444. The molecule has 1 aliphatic heterocycles. The van der Waals surface area contributed by atoms with Crippen molar-refractivity contribution in [2.24, 2.45) is 11.7 Å². The van der Waals surface area contributed by atoms with E-state index in [9.17, 15) is 33.6 Å². The van der Waals surface area contributed by atoms with E-state index in [4.69, 9.17) is 10.5 Å². The molecule has 5 atom stereocenters. The molecule has 0 spiro atoms. The highest BCUT2D eigenvalue weighted by atomic mass is 16.5. The lowest BCUT2D eigenvalue weighted by Gasteiger charge is -2.35. The number of primary amides is 1. The molecule has 1 saturated heterocycles. The second kappa shape index (κ2) is 21.2. The van der Waals surface area contributed by atoms with Crippen molar-refractivity contribution in [3.05, 3.63) is 107 Å². The van der Waals surface area contributed by atoms with E-state index in [1.165, 1.54) is 4.90 Å². The molecule has 1 aliphatic carbocycles. The van der Waals surface area contributed by atoms with Gasteiger partial charge in [0, 0.05) is 18.5 Å². The van der Waals surface area contributed by atoms with E-state index in [1.807, 2.05) is 62.4 Å². The van der Waals surface area contributed by atoms with Crippen molar-refractivity contribution in [3.8, 4) is 0 Å². The van der Waals surface area contributed by atoms with E-state index in [0.29, 0.717) is 17.5 Å². The van der Waals surface area contributed by atoms with Gasteiger partial charge in [-0.15, -0.1) is 0 Å². The molecule has 1 heterocycles. The summed E-state index contributed by atoms with van der Waals surface area (Å²) in [6.45, 7) is 5.18. The molecule has 0 bridgehead atoms. The van der Waals surface area contributed by atoms with E-state index in [2.05, 4.69) is 21.3 Å². The van der Waals surface area contributed by atoms with Crippen LogP contribution in [0.25, 0.3) is 0 Å². The standard InChI is InChI=1S/C45H56N6O8/c1-4-15-34(40(53)44(57)47-25-36(52)49-38(41(46)54)31-20-10-6-11-21-31)48-42(55)35-24-33(59-27-30-18-8-5-9-19-30)26-51(35)45(58)39(32-22-12-7-13-23-32)50-43(56)37-28(2)16-14-17-29(37)3/h5-6,8-11,14,16-21,32-35,38-39H,4,7,12-13,15,22-27H2,1-3H3,(H2,46,54)(H,47,57)(H,48,55)(H,49,52)(H,50,56)/t33-,34?,35+,38?,39?/m1/s1. The molecular weight excluding hydrogens is 753 g/mol. The number of nitrogens with two attached hydrogens (primary N) is 1. The highest BCUT2D eigenvalue weighted by Gasteiger charge is 2.45. The number of carbonyl (C=O) groups is 7. The molecule has 3 aromatic carbocycles. The van der Waals surface area contributed by atoms with Crippen LogP contribution in [-0.2, 0) is 40.1 Å². The number of aryl methyl sites for hydroxylation is 2. The predicted octanol–water partition coefficient (Wildman–Crippen LogP) is 3.48. The van der Waals surface area contributed by atoms with Crippen molar-refractivity contribution in [2.45, 2.75) is 109 Å². The lowest BCUT2D eigenvalue weighted by Crippen LogP contribution is -2.58. The third kappa shape index (κ3) is 11.8. The van der Waals surface area contributed by atoms with Crippen LogP contribution < -0.4 is 27.0 Å². The maximum atomic E-state index is 14.8. The van der Waals surface area contributed by atoms with Crippen molar-refractivity contribution in [1.29, 1.82) is 0 Å². The van der Waals surface area contributed by atoms with Crippen LogP contribution in [0.1, 0.15) is 96.9 Å². The van der Waals surface area contributed by atoms with Gasteiger partial charge < -0.3 is 36.6 Å². The summed E-state index contributed by atoms with van der Waals surface area (Å²) < 4.78 is 6.26. The van der Waals surface area contributed by atoms with Gasteiger partial charge in [0.15, 0.2) is 0 Å². The Morgan fingerprint density at radius 3 is 2.08 bits per heavy atom. The average Bonchev–Trinajstić information content (AvgIpc) is 3.68. The lowest BCUT2D eigenvalue weighted by atomic mass is 9.83. The number of amides is 6. The zero-order chi connectivity index (χ0) is 42.5. The van der Waals surface area contributed by atoms with Gasteiger partial charge in [-0.3, -0.25) is 33.6 Å². The summed E-state index contributed by atoms with van der Waals surface area (Å²) in [7, 11) is 0. The van der Waals surface area contributed by atoms with E-state index < -0.39 is 72.1 Å². The van der Waals surface area contributed by atoms with Crippen molar-refractivity contribution in [1.82, 2.24) is 26.2 Å². The van der Waals surface area contributed by atoms with Crippen molar-refractivity contribution < 1.29 is 38.3 Å². The second-order valence-electron chi connectivity index (χ2n) is 15.5. The molecule has 14 nitrogen and oxygen atoms in total. The van der Waals surface area contributed by atoms with Crippen molar-refractivity contribution in [2.75, 3.05) is 13.1 Å². The molecule has 1 saturated carbocycles. The predicted molar refractivity (Wildman–Crippen MR) is 220 cm³/mol. The Bertz CT molecular complexity index is 1950. The zero-order valence-corrected chi connectivity index (χ0v) is 34.0. The first-order chi connectivity index (χ1) is 28.4. The topological polar surface area (TPSA) is 206 Å². The molecule has 314 valence electrons. The Hall–Kier alpha value is -5.89. The second-order valence-corrected chi connectivity index (χ2v) is 15.5. The number of ketones is 1. The molecule has 6 amide bonds. The van der Waals surface area contributed by atoms with Crippen molar-refractivity contribution in [3.63, 3.8) is 0 Å². The van der Waals surface area contributed by atoms with Gasteiger partial charge in [0.1, 0.15) is 18.1 Å². The molecule has 6 N–H and O–H groups in total. The van der Waals surface area contributed by atoms with Gasteiger partial charge >= 0.3 is 0 Å². The Morgan fingerprint density at radius 2 is 1.46 bits per heavy atom. The molecule has 59 heavy (non-hydrogen) atoms. The first-order valence-electron chi connectivity index (χ1n) is 20.5. The molecule has 3 aromatic rings. The smallest absolute Gasteiger partial charge is 0.290 e. The van der Waals surface area contributed by atoms with Gasteiger partial charge in [-0.2, -0.15) is 0 Å². The minimum absolute atomic E-state index is 0.0729. The fourth-order valence-electron chi connectivity index (χ4n) is 8.02. The molecule has 2 fully saturated rings. The number of Topliss-reactive ketones (excluding diaryl/α,β-unsaturated/α-hetero) is 1. The Labute approximate surface area is 345 Å². The third-order valence-corrected chi connectivity index (χ3v) is 11.1. The number of rotatable bonds is 18. The largest absolute Gasteiger partial charge is 0.372 e. The first-order valence-corrected chi connectivity index (χ1v) is 20.5. The van der Waals surface area contributed by atoms with E-state index in [1.54, 1.807) is 37.3 Å². The summed E-state index contributed by atoms with van der Waals surface area (Å²) in [5.74, 6) is -5.21. The van der Waals surface area contributed by atoms with Crippen LogP contribution in [0.5, 0.6) is 0 Å². The van der Waals surface area contributed by atoms with Crippen LogP contribution in [0.3, 0.4) is 0 Å². The SMILES string of the molecule is CCCC(NC(=O)[C@@H]1C[C@@H](OCc2ccccc2)CN1C(=O)C(NC(=O)c1c(C)cccc1C)C1CCCCC1)C(=O)C(=O)NCC(=O)NC(C(N)=O)c1ccccc1. The van der Waals surface area contributed by atoms with Gasteiger partial charge in [-0.1, -0.05) is 111 Å². The van der Waals surface area contributed by atoms with E-state index >= 15 is 0 Å². The number of nitrogens with one attached hydrogen (secondary N) is 4.